The minimum atomic E-state index is -0.414. The number of aliphatic hydroxyl groups excluding tert-OH is 2. The van der Waals surface area contributed by atoms with E-state index in [2.05, 4.69) is 21.9 Å². The van der Waals surface area contributed by atoms with Crippen LogP contribution in [0.5, 0.6) is 5.75 Å². The minimum Gasteiger partial charge on any atom is -0.497 e. The van der Waals surface area contributed by atoms with Crippen LogP contribution in [-0.4, -0.2) is 68.2 Å². The molecule has 118 valence electrons. The number of nitrogens with zero attached hydrogens (tertiary/aromatic N) is 2. The van der Waals surface area contributed by atoms with Gasteiger partial charge in [0.05, 0.1) is 20.3 Å². The Kier molecular flexibility index (Phi) is 5.45. The molecule has 1 saturated heterocycles. The lowest BCUT2D eigenvalue weighted by molar-refractivity contribution is 0.0336. The molecular weight excluding hydrogens is 268 g/mol. The van der Waals surface area contributed by atoms with Gasteiger partial charge in [-0.2, -0.15) is 0 Å². The maximum atomic E-state index is 9.39. The topological polar surface area (TPSA) is 56.2 Å². The zero-order chi connectivity index (χ0) is 15.3. The first-order valence-corrected chi connectivity index (χ1v) is 7.43. The van der Waals surface area contributed by atoms with Crippen LogP contribution in [0.25, 0.3) is 0 Å². The van der Waals surface area contributed by atoms with Gasteiger partial charge in [-0.3, -0.25) is 4.90 Å². The molecule has 1 aromatic carbocycles. The fraction of sp³-hybridized carbons (Fsp3) is 0.625. The van der Waals surface area contributed by atoms with Crippen molar-refractivity contribution in [3.8, 4) is 5.75 Å². The maximum absolute atomic E-state index is 9.39. The summed E-state index contributed by atoms with van der Waals surface area (Å²) in [6.45, 7) is 6.49. The molecule has 0 radical (unpaired) electrons. The molecule has 2 N–H and O–H groups in total. The van der Waals surface area contributed by atoms with E-state index in [0.717, 1.165) is 38.5 Å². The van der Waals surface area contributed by atoms with E-state index < -0.39 is 5.41 Å². The van der Waals surface area contributed by atoms with Crippen LogP contribution in [0.4, 0.5) is 5.69 Å². The number of aliphatic hydroxyl groups is 2. The zero-order valence-electron chi connectivity index (χ0n) is 13.0. The fourth-order valence-electron chi connectivity index (χ4n) is 2.65. The molecule has 2 rings (SSSR count). The van der Waals surface area contributed by atoms with Crippen LogP contribution in [-0.2, 0) is 0 Å². The Bertz CT molecular complexity index is 424. The lowest BCUT2D eigenvalue weighted by Crippen LogP contribution is -2.51. The number of methoxy groups -OCH3 is 1. The molecule has 21 heavy (non-hydrogen) atoms. The largest absolute Gasteiger partial charge is 0.497 e. The van der Waals surface area contributed by atoms with Gasteiger partial charge in [-0.15, -0.1) is 0 Å². The molecule has 1 fully saturated rings. The van der Waals surface area contributed by atoms with Gasteiger partial charge in [0.1, 0.15) is 5.75 Å². The Balaban J connectivity index is 1.87. The van der Waals surface area contributed by atoms with Crippen molar-refractivity contribution in [1.29, 1.82) is 0 Å². The normalized spacial score (nSPS) is 17.0. The van der Waals surface area contributed by atoms with E-state index in [4.69, 9.17) is 4.74 Å². The lowest BCUT2D eigenvalue weighted by Gasteiger charge is -2.39. The van der Waals surface area contributed by atoms with Gasteiger partial charge < -0.3 is 19.8 Å². The average molecular weight is 294 g/mol. The molecule has 0 amide bonds. The van der Waals surface area contributed by atoms with Gasteiger partial charge in [-0.05, 0) is 24.3 Å². The van der Waals surface area contributed by atoms with Crippen molar-refractivity contribution in [1.82, 2.24) is 4.90 Å². The highest BCUT2D eigenvalue weighted by atomic mass is 16.5. The monoisotopic (exact) mass is 294 g/mol. The van der Waals surface area contributed by atoms with E-state index in [9.17, 15) is 10.2 Å². The standard InChI is InChI=1S/C16H26N2O3/c1-16(12-19,13-20)11-17-7-9-18(10-8-17)14-3-5-15(21-2)6-4-14/h3-6,19-20H,7-13H2,1-2H3. The van der Waals surface area contributed by atoms with Crippen molar-refractivity contribution >= 4 is 5.69 Å². The van der Waals surface area contributed by atoms with E-state index in [1.165, 1.54) is 5.69 Å². The molecule has 0 bridgehead atoms. The van der Waals surface area contributed by atoms with E-state index in [0.29, 0.717) is 0 Å². The first-order chi connectivity index (χ1) is 10.1. The van der Waals surface area contributed by atoms with Crippen molar-refractivity contribution in [2.75, 3.05) is 57.9 Å². The Morgan fingerprint density at radius 3 is 2.10 bits per heavy atom. The van der Waals surface area contributed by atoms with Gasteiger partial charge in [-0.1, -0.05) is 6.92 Å². The van der Waals surface area contributed by atoms with Crippen molar-refractivity contribution in [3.63, 3.8) is 0 Å². The lowest BCUT2D eigenvalue weighted by atomic mass is 9.92. The molecule has 5 nitrogen and oxygen atoms in total. The van der Waals surface area contributed by atoms with Crippen molar-refractivity contribution < 1.29 is 14.9 Å². The number of hydrogen-bond acceptors (Lipinski definition) is 5. The van der Waals surface area contributed by atoms with E-state index in [1.54, 1.807) is 7.11 Å². The van der Waals surface area contributed by atoms with Gasteiger partial charge in [0, 0.05) is 43.8 Å². The summed E-state index contributed by atoms with van der Waals surface area (Å²) in [6.07, 6.45) is 0. The Labute approximate surface area is 126 Å². The summed E-state index contributed by atoms with van der Waals surface area (Å²) in [7, 11) is 1.67. The summed E-state index contributed by atoms with van der Waals surface area (Å²) < 4.78 is 5.18. The predicted molar refractivity (Wildman–Crippen MR) is 83.9 cm³/mol. The van der Waals surface area contributed by atoms with Crippen molar-refractivity contribution in [3.05, 3.63) is 24.3 Å². The molecule has 0 unspecified atom stereocenters. The second-order valence-corrected chi connectivity index (χ2v) is 6.09. The highest BCUT2D eigenvalue weighted by Crippen LogP contribution is 2.22. The van der Waals surface area contributed by atoms with Crippen LogP contribution in [0.3, 0.4) is 0 Å². The molecular formula is C16H26N2O3. The number of rotatable bonds is 6. The van der Waals surface area contributed by atoms with Gasteiger partial charge in [0.15, 0.2) is 0 Å². The third-order valence-electron chi connectivity index (χ3n) is 4.18. The van der Waals surface area contributed by atoms with E-state index in [-0.39, 0.29) is 13.2 Å². The number of hydrogen-bond donors (Lipinski definition) is 2. The second-order valence-electron chi connectivity index (χ2n) is 6.09. The first kappa shape index (κ1) is 16.1. The summed E-state index contributed by atoms with van der Waals surface area (Å²) in [5.74, 6) is 0.874. The van der Waals surface area contributed by atoms with Crippen LogP contribution in [0.15, 0.2) is 24.3 Å². The quantitative estimate of drug-likeness (QED) is 0.813. The van der Waals surface area contributed by atoms with Crippen LogP contribution in [0, 0.1) is 5.41 Å². The van der Waals surface area contributed by atoms with Crippen LogP contribution >= 0.6 is 0 Å². The Morgan fingerprint density at radius 2 is 1.62 bits per heavy atom. The van der Waals surface area contributed by atoms with Gasteiger partial charge >= 0.3 is 0 Å². The third kappa shape index (κ3) is 4.09. The number of benzene rings is 1. The number of piperazine rings is 1. The number of anilines is 1. The van der Waals surface area contributed by atoms with Gasteiger partial charge in [-0.25, -0.2) is 0 Å². The maximum Gasteiger partial charge on any atom is 0.119 e. The highest BCUT2D eigenvalue weighted by Gasteiger charge is 2.27. The molecule has 1 aliphatic heterocycles. The molecule has 0 atom stereocenters. The van der Waals surface area contributed by atoms with E-state index in [1.807, 2.05) is 19.1 Å². The van der Waals surface area contributed by atoms with Crippen molar-refractivity contribution in [2.45, 2.75) is 6.92 Å². The summed E-state index contributed by atoms with van der Waals surface area (Å²) in [5.41, 5.74) is 0.796. The Morgan fingerprint density at radius 1 is 1.05 bits per heavy atom. The molecule has 0 aromatic heterocycles. The molecule has 5 heteroatoms. The summed E-state index contributed by atoms with van der Waals surface area (Å²) in [4.78, 5) is 4.66. The first-order valence-electron chi connectivity index (χ1n) is 7.43. The van der Waals surface area contributed by atoms with E-state index >= 15 is 0 Å². The molecule has 1 aromatic rings. The molecule has 0 aliphatic carbocycles. The van der Waals surface area contributed by atoms with Crippen molar-refractivity contribution in [2.24, 2.45) is 5.41 Å². The van der Waals surface area contributed by atoms with Gasteiger partial charge in [0.2, 0.25) is 0 Å². The van der Waals surface area contributed by atoms with Crippen LogP contribution < -0.4 is 9.64 Å². The number of ether oxygens (including phenoxy) is 1. The molecule has 1 heterocycles. The average Bonchev–Trinajstić information content (AvgIpc) is 2.55. The fourth-order valence-corrected chi connectivity index (χ4v) is 2.65. The molecule has 1 aliphatic rings. The van der Waals surface area contributed by atoms with Crippen LogP contribution in [0.2, 0.25) is 0 Å². The molecule has 0 spiro atoms. The summed E-state index contributed by atoms with van der Waals surface area (Å²) in [5, 5.41) is 18.8. The minimum absolute atomic E-state index is 0.0161. The SMILES string of the molecule is COc1ccc(N2CCN(CC(C)(CO)CO)CC2)cc1. The van der Waals surface area contributed by atoms with Crippen LogP contribution in [0.1, 0.15) is 6.92 Å². The smallest absolute Gasteiger partial charge is 0.119 e. The van der Waals surface area contributed by atoms with Gasteiger partial charge in [0.25, 0.3) is 0 Å². The summed E-state index contributed by atoms with van der Waals surface area (Å²) >= 11 is 0. The third-order valence-corrected chi connectivity index (χ3v) is 4.18. The Hall–Kier alpha value is -1.30. The molecule has 0 saturated carbocycles. The summed E-state index contributed by atoms with van der Waals surface area (Å²) in [6, 6.07) is 8.13. The highest BCUT2D eigenvalue weighted by molar-refractivity contribution is 5.49. The zero-order valence-corrected chi connectivity index (χ0v) is 13.0. The predicted octanol–water partition coefficient (Wildman–Crippen LogP) is 0.808. The second kappa shape index (κ2) is 7.11.